The van der Waals surface area contributed by atoms with E-state index in [2.05, 4.69) is 44.7 Å². The normalized spacial score (nSPS) is 15.8. The lowest BCUT2D eigenvalue weighted by Crippen LogP contribution is -2.32. The van der Waals surface area contributed by atoms with Crippen LogP contribution in [0.5, 0.6) is 5.75 Å². The van der Waals surface area contributed by atoms with E-state index in [4.69, 9.17) is 9.15 Å². The van der Waals surface area contributed by atoms with E-state index in [0.29, 0.717) is 23.6 Å². The van der Waals surface area contributed by atoms with Crippen LogP contribution < -0.4 is 15.0 Å². The van der Waals surface area contributed by atoms with E-state index in [1.165, 1.54) is 17.4 Å². The molecule has 31 heavy (non-hydrogen) atoms. The molecule has 3 aromatic rings. The molecule has 1 saturated heterocycles. The van der Waals surface area contributed by atoms with Crippen LogP contribution >= 0.6 is 11.8 Å². The summed E-state index contributed by atoms with van der Waals surface area (Å²) in [4.78, 5) is 14.6. The van der Waals surface area contributed by atoms with E-state index in [1.54, 1.807) is 0 Å². The Hall–Kier alpha value is -3.00. The van der Waals surface area contributed by atoms with Gasteiger partial charge in [0.1, 0.15) is 5.75 Å². The van der Waals surface area contributed by atoms with Gasteiger partial charge >= 0.3 is 0 Å². The summed E-state index contributed by atoms with van der Waals surface area (Å²) in [7, 11) is 0. The molecule has 0 aliphatic carbocycles. The SMILES string of the molecule is Cc1cccc(OCc2nnc(SCC(=O)NCC3CCN(c4ccccc4)C3)o2)c1. The molecule has 162 valence electrons. The summed E-state index contributed by atoms with van der Waals surface area (Å²) in [5.41, 5.74) is 2.36. The first kappa shape index (κ1) is 21.2. The summed E-state index contributed by atoms with van der Waals surface area (Å²) in [6.07, 6.45) is 1.08. The molecule has 1 aliphatic heterocycles. The van der Waals surface area contributed by atoms with E-state index < -0.39 is 0 Å². The Morgan fingerprint density at radius 2 is 2.10 bits per heavy atom. The maximum atomic E-state index is 12.2. The van der Waals surface area contributed by atoms with Gasteiger partial charge in [0, 0.05) is 25.3 Å². The molecule has 1 amide bonds. The summed E-state index contributed by atoms with van der Waals surface area (Å²) in [6.45, 7) is 4.87. The van der Waals surface area contributed by atoms with Crippen molar-refractivity contribution in [3.05, 3.63) is 66.1 Å². The number of carbonyl (C=O) groups is 1. The monoisotopic (exact) mass is 438 g/mol. The average molecular weight is 439 g/mol. The minimum Gasteiger partial charge on any atom is -0.484 e. The Balaban J connectivity index is 1.15. The molecule has 1 aliphatic rings. The number of para-hydroxylation sites is 1. The van der Waals surface area contributed by atoms with Gasteiger partial charge in [-0.05, 0) is 49.1 Å². The first-order valence-corrected chi connectivity index (χ1v) is 11.4. The molecule has 0 saturated carbocycles. The summed E-state index contributed by atoms with van der Waals surface area (Å²) >= 11 is 1.24. The van der Waals surface area contributed by atoms with Crippen molar-refractivity contribution in [1.29, 1.82) is 0 Å². The number of thioether (sulfide) groups is 1. The third kappa shape index (κ3) is 6.24. The van der Waals surface area contributed by atoms with Crippen molar-refractivity contribution >= 4 is 23.4 Å². The number of nitrogens with zero attached hydrogens (tertiary/aromatic N) is 3. The van der Waals surface area contributed by atoms with Crippen LogP contribution in [0.15, 0.2) is 64.2 Å². The Labute approximate surface area is 186 Å². The second-order valence-electron chi connectivity index (χ2n) is 7.60. The van der Waals surface area contributed by atoms with Crippen molar-refractivity contribution in [2.45, 2.75) is 25.2 Å². The molecule has 2 heterocycles. The number of carbonyl (C=O) groups excluding carboxylic acids is 1. The van der Waals surface area contributed by atoms with Crippen LogP contribution in [0.3, 0.4) is 0 Å². The van der Waals surface area contributed by atoms with Gasteiger partial charge in [0.15, 0.2) is 6.61 Å². The third-order valence-corrected chi connectivity index (χ3v) is 5.94. The second-order valence-corrected chi connectivity index (χ2v) is 8.52. The molecule has 4 rings (SSSR count). The molecule has 1 atom stereocenters. The van der Waals surface area contributed by atoms with E-state index in [1.807, 2.05) is 37.3 Å². The maximum absolute atomic E-state index is 12.2. The van der Waals surface area contributed by atoms with Crippen molar-refractivity contribution in [1.82, 2.24) is 15.5 Å². The highest BCUT2D eigenvalue weighted by Gasteiger charge is 2.23. The van der Waals surface area contributed by atoms with Gasteiger partial charge in [-0.2, -0.15) is 0 Å². The third-order valence-electron chi connectivity index (χ3n) is 5.12. The molecule has 0 spiro atoms. The average Bonchev–Trinajstić information content (AvgIpc) is 3.45. The topological polar surface area (TPSA) is 80.5 Å². The van der Waals surface area contributed by atoms with E-state index >= 15 is 0 Å². The molecule has 1 unspecified atom stereocenters. The molecule has 0 bridgehead atoms. The summed E-state index contributed by atoms with van der Waals surface area (Å²) in [6, 6.07) is 18.2. The van der Waals surface area contributed by atoms with Crippen molar-refractivity contribution in [2.24, 2.45) is 5.92 Å². The molecule has 0 radical (unpaired) electrons. The molecule has 1 fully saturated rings. The first-order valence-electron chi connectivity index (χ1n) is 10.4. The Morgan fingerprint density at radius 1 is 1.23 bits per heavy atom. The highest BCUT2D eigenvalue weighted by Crippen LogP contribution is 2.23. The van der Waals surface area contributed by atoms with Crippen molar-refractivity contribution in [3.8, 4) is 5.75 Å². The predicted molar refractivity (Wildman–Crippen MR) is 120 cm³/mol. The van der Waals surface area contributed by atoms with Crippen LogP contribution in [0.2, 0.25) is 0 Å². The number of amides is 1. The van der Waals surface area contributed by atoms with Gasteiger partial charge in [-0.15, -0.1) is 10.2 Å². The number of anilines is 1. The molecule has 7 nitrogen and oxygen atoms in total. The van der Waals surface area contributed by atoms with Gasteiger partial charge in [-0.1, -0.05) is 42.1 Å². The predicted octanol–water partition coefficient (Wildman–Crippen LogP) is 3.69. The largest absolute Gasteiger partial charge is 0.484 e. The fourth-order valence-corrected chi connectivity index (χ4v) is 4.12. The minimum atomic E-state index is -0.0288. The van der Waals surface area contributed by atoms with Crippen molar-refractivity contribution in [2.75, 3.05) is 30.3 Å². The van der Waals surface area contributed by atoms with Crippen LogP contribution in [-0.2, 0) is 11.4 Å². The highest BCUT2D eigenvalue weighted by molar-refractivity contribution is 7.99. The zero-order valence-corrected chi connectivity index (χ0v) is 18.3. The smallest absolute Gasteiger partial charge is 0.277 e. The fourth-order valence-electron chi connectivity index (χ4n) is 3.51. The summed E-state index contributed by atoms with van der Waals surface area (Å²) in [5.74, 6) is 1.82. The van der Waals surface area contributed by atoms with Crippen LogP contribution in [0.4, 0.5) is 5.69 Å². The lowest BCUT2D eigenvalue weighted by atomic mass is 10.1. The van der Waals surface area contributed by atoms with Crippen molar-refractivity contribution < 1.29 is 13.9 Å². The first-order chi connectivity index (χ1) is 15.2. The summed E-state index contributed by atoms with van der Waals surface area (Å²) < 4.78 is 11.2. The molecular weight excluding hydrogens is 412 g/mol. The molecule has 8 heteroatoms. The maximum Gasteiger partial charge on any atom is 0.277 e. The standard InChI is InChI=1S/C23H26N4O3S/c1-17-6-5-9-20(12-17)29-15-22-25-26-23(30-22)31-16-21(28)24-13-18-10-11-27(14-18)19-7-3-2-4-8-19/h2-9,12,18H,10-11,13-16H2,1H3,(H,24,28). The van der Waals surface area contributed by atoms with Gasteiger partial charge in [-0.25, -0.2) is 0 Å². The zero-order valence-electron chi connectivity index (χ0n) is 17.5. The van der Waals surface area contributed by atoms with Gasteiger partial charge in [-0.3, -0.25) is 4.79 Å². The van der Waals surface area contributed by atoms with Crippen LogP contribution in [0.1, 0.15) is 17.9 Å². The Morgan fingerprint density at radius 3 is 2.94 bits per heavy atom. The number of rotatable bonds is 9. The van der Waals surface area contributed by atoms with Crippen molar-refractivity contribution in [3.63, 3.8) is 0 Å². The molecule has 2 aromatic carbocycles. The summed E-state index contributed by atoms with van der Waals surface area (Å²) in [5, 5.41) is 11.4. The van der Waals surface area contributed by atoms with E-state index in [0.717, 1.165) is 30.8 Å². The number of nitrogens with one attached hydrogen (secondary N) is 1. The second kappa shape index (κ2) is 10.3. The Kier molecular flexibility index (Phi) is 7.09. The van der Waals surface area contributed by atoms with Crippen LogP contribution in [-0.4, -0.2) is 41.5 Å². The van der Waals surface area contributed by atoms with Gasteiger partial charge in [0.05, 0.1) is 5.75 Å². The number of hydrogen-bond acceptors (Lipinski definition) is 7. The number of aromatic nitrogens is 2. The van der Waals surface area contributed by atoms with Gasteiger partial charge in [0.25, 0.3) is 11.1 Å². The number of aryl methyl sites for hydroxylation is 1. The Bertz CT molecular complexity index is 995. The van der Waals surface area contributed by atoms with E-state index in [9.17, 15) is 4.79 Å². The lowest BCUT2D eigenvalue weighted by Gasteiger charge is -2.18. The number of ether oxygens (including phenoxy) is 1. The number of hydrogen-bond donors (Lipinski definition) is 1. The zero-order chi connectivity index (χ0) is 21.5. The highest BCUT2D eigenvalue weighted by atomic mass is 32.2. The van der Waals surface area contributed by atoms with Crippen LogP contribution in [0, 0.1) is 12.8 Å². The van der Waals surface area contributed by atoms with E-state index in [-0.39, 0.29) is 18.3 Å². The van der Waals surface area contributed by atoms with Crippen LogP contribution in [0.25, 0.3) is 0 Å². The molecule has 1 aromatic heterocycles. The molecule has 1 N–H and O–H groups in total. The van der Waals surface area contributed by atoms with Gasteiger partial charge in [0.2, 0.25) is 5.91 Å². The molecular formula is C23H26N4O3S. The van der Waals surface area contributed by atoms with Gasteiger partial charge < -0.3 is 19.4 Å². The lowest BCUT2D eigenvalue weighted by molar-refractivity contribution is -0.118. The fraction of sp³-hybridized carbons (Fsp3) is 0.348. The quantitative estimate of drug-likeness (QED) is 0.510. The minimum absolute atomic E-state index is 0.0288. The number of benzene rings is 2.